The van der Waals surface area contributed by atoms with Gasteiger partial charge >= 0.3 is 0 Å². The molecule has 0 aromatic carbocycles. The summed E-state index contributed by atoms with van der Waals surface area (Å²) in [5.41, 5.74) is 0.952. The lowest BCUT2D eigenvalue weighted by atomic mass is 10.3. The average molecular weight is 337 g/mol. The van der Waals surface area contributed by atoms with Gasteiger partial charge in [-0.3, -0.25) is 0 Å². The van der Waals surface area contributed by atoms with E-state index in [4.69, 9.17) is 17.0 Å². The van der Waals surface area contributed by atoms with E-state index in [1.165, 1.54) is 0 Å². The molecule has 0 spiro atoms. The van der Waals surface area contributed by atoms with Gasteiger partial charge in [0.2, 0.25) is 0 Å². The van der Waals surface area contributed by atoms with Gasteiger partial charge in [0.1, 0.15) is 10.5 Å². The van der Waals surface area contributed by atoms with Gasteiger partial charge in [-0.15, -0.1) is 0 Å². The zero-order valence-electron chi connectivity index (χ0n) is 10.2. The predicted molar refractivity (Wildman–Crippen MR) is 78.8 cm³/mol. The number of hydrogen-bond donors (Lipinski definition) is 1. The normalized spacial score (nSPS) is 11.1. The molecular weight excluding hydrogens is 320 g/mol. The third-order valence-corrected chi connectivity index (χ3v) is 4.76. The zero-order chi connectivity index (χ0) is 12.8. The highest BCUT2D eigenvalue weighted by Gasteiger charge is 2.06. The molecule has 1 aromatic heterocycles. The topological polar surface area (TPSA) is 37.9 Å². The molecule has 0 atom stereocenters. The molecule has 17 heavy (non-hydrogen) atoms. The average Bonchev–Trinajstić information content (AvgIpc) is 2.25. The summed E-state index contributed by atoms with van der Waals surface area (Å²) in [6.07, 6.45) is 0. The van der Waals surface area contributed by atoms with Gasteiger partial charge in [0.15, 0.2) is 0 Å². The number of aromatic amines is 1. The van der Waals surface area contributed by atoms with Crippen LogP contribution >= 0.6 is 39.9 Å². The summed E-state index contributed by atoms with van der Waals surface area (Å²) in [7, 11) is 1.66. The lowest BCUT2D eigenvalue weighted by molar-refractivity contribution is 0.180. The first kappa shape index (κ1) is 15.1. The smallest absolute Gasteiger partial charge is 0.144 e. The number of nitrogens with zero attached hydrogens (tertiary/aromatic N) is 1. The fraction of sp³-hybridized carbons (Fsp3) is 0.636. The first-order chi connectivity index (χ1) is 8.04. The number of thioether (sulfide) groups is 1. The van der Waals surface area contributed by atoms with E-state index in [2.05, 4.69) is 39.7 Å². The van der Waals surface area contributed by atoms with Crippen molar-refractivity contribution in [3.63, 3.8) is 0 Å². The highest BCUT2D eigenvalue weighted by Crippen LogP contribution is 2.19. The first-order valence-corrected chi connectivity index (χ1v) is 7.74. The van der Waals surface area contributed by atoms with Crippen molar-refractivity contribution in [1.82, 2.24) is 9.97 Å². The lowest BCUT2D eigenvalue weighted by Gasteiger charge is -2.08. The molecule has 0 saturated carbocycles. The second kappa shape index (κ2) is 7.51. The van der Waals surface area contributed by atoms with Crippen molar-refractivity contribution in [2.24, 2.45) is 5.92 Å². The molecule has 0 aliphatic heterocycles. The van der Waals surface area contributed by atoms with Crippen LogP contribution in [0.15, 0.2) is 4.47 Å². The van der Waals surface area contributed by atoms with Crippen LogP contribution in [0.3, 0.4) is 0 Å². The van der Waals surface area contributed by atoms with Gasteiger partial charge in [0.05, 0.1) is 22.5 Å². The fourth-order valence-electron chi connectivity index (χ4n) is 1.26. The van der Waals surface area contributed by atoms with E-state index in [0.29, 0.717) is 17.2 Å². The molecule has 0 unspecified atom stereocenters. The van der Waals surface area contributed by atoms with Crippen molar-refractivity contribution in [1.29, 1.82) is 0 Å². The quantitative estimate of drug-likeness (QED) is 0.798. The van der Waals surface area contributed by atoms with Crippen LogP contribution in [-0.2, 0) is 17.1 Å². The van der Waals surface area contributed by atoms with Crippen LogP contribution in [-0.4, -0.2) is 22.8 Å². The molecule has 0 amide bonds. The Labute approximate surface area is 120 Å². The molecule has 0 bridgehead atoms. The zero-order valence-corrected chi connectivity index (χ0v) is 13.5. The molecule has 0 saturated heterocycles. The number of ether oxygens (including phenoxy) is 1. The van der Waals surface area contributed by atoms with E-state index in [1.54, 1.807) is 7.11 Å². The largest absolute Gasteiger partial charge is 0.378 e. The van der Waals surface area contributed by atoms with Gasteiger partial charge < -0.3 is 9.72 Å². The van der Waals surface area contributed by atoms with Crippen LogP contribution in [0.25, 0.3) is 0 Å². The van der Waals surface area contributed by atoms with E-state index in [0.717, 1.165) is 27.5 Å². The molecule has 3 nitrogen and oxygen atoms in total. The molecule has 1 N–H and O–H groups in total. The van der Waals surface area contributed by atoms with Crippen molar-refractivity contribution in [2.45, 2.75) is 26.2 Å². The molecule has 0 aliphatic carbocycles. The molecule has 96 valence electrons. The molecule has 1 rings (SSSR count). The van der Waals surface area contributed by atoms with Crippen LogP contribution in [0.1, 0.15) is 25.4 Å². The van der Waals surface area contributed by atoms with Crippen LogP contribution in [0.2, 0.25) is 0 Å². The second-order valence-electron chi connectivity index (χ2n) is 4.12. The highest BCUT2D eigenvalue weighted by atomic mass is 79.9. The highest BCUT2D eigenvalue weighted by molar-refractivity contribution is 9.10. The number of methoxy groups -OCH3 is 1. The number of rotatable bonds is 6. The predicted octanol–water partition coefficient (Wildman–Crippen LogP) is 3.94. The number of hydrogen-bond acceptors (Lipinski definition) is 4. The fourth-order valence-corrected chi connectivity index (χ4v) is 2.72. The van der Waals surface area contributed by atoms with Gasteiger partial charge in [-0.05, 0) is 27.6 Å². The van der Waals surface area contributed by atoms with Gasteiger partial charge in [-0.1, -0.05) is 26.1 Å². The minimum atomic E-state index is 0.509. The van der Waals surface area contributed by atoms with Crippen LogP contribution in [0.4, 0.5) is 0 Å². The molecule has 1 aromatic rings. The number of H-pyrrole nitrogens is 1. The van der Waals surface area contributed by atoms with Crippen LogP contribution < -0.4 is 0 Å². The van der Waals surface area contributed by atoms with E-state index in [1.807, 2.05) is 11.8 Å². The molecule has 0 radical (unpaired) electrons. The maximum atomic E-state index is 5.20. The minimum Gasteiger partial charge on any atom is -0.378 e. The van der Waals surface area contributed by atoms with E-state index < -0.39 is 0 Å². The van der Waals surface area contributed by atoms with Gasteiger partial charge in [0, 0.05) is 7.11 Å². The standard InChI is InChI=1S/C11H17BrN2OS2/c1-7(2)5-17-6-9-13-8(4-15-3)10(12)11(16)14-9/h7H,4-6H2,1-3H3,(H,13,14,16). The molecule has 6 heteroatoms. The van der Waals surface area contributed by atoms with Gasteiger partial charge in [-0.2, -0.15) is 11.8 Å². The summed E-state index contributed by atoms with van der Waals surface area (Å²) >= 11 is 10.5. The Kier molecular flexibility index (Phi) is 6.69. The molecular formula is C11H17BrN2OS2. The SMILES string of the molecule is COCc1[nH]c(CSCC(C)C)nc(=S)c1Br. The van der Waals surface area contributed by atoms with E-state index >= 15 is 0 Å². The Hall–Kier alpha value is 0.0900. The summed E-state index contributed by atoms with van der Waals surface area (Å²) in [6.45, 7) is 4.93. The molecule has 0 fully saturated rings. The number of aromatic nitrogens is 2. The van der Waals surface area contributed by atoms with Gasteiger partial charge in [-0.25, -0.2) is 4.98 Å². The lowest BCUT2D eigenvalue weighted by Crippen LogP contribution is -2.02. The van der Waals surface area contributed by atoms with E-state index in [-0.39, 0.29) is 0 Å². The summed E-state index contributed by atoms with van der Waals surface area (Å²) < 4.78 is 6.54. The van der Waals surface area contributed by atoms with Crippen molar-refractivity contribution >= 4 is 39.9 Å². The summed E-state index contributed by atoms with van der Waals surface area (Å²) in [5.74, 6) is 3.58. The maximum absolute atomic E-state index is 5.20. The maximum Gasteiger partial charge on any atom is 0.144 e. The van der Waals surface area contributed by atoms with Crippen molar-refractivity contribution in [2.75, 3.05) is 12.9 Å². The van der Waals surface area contributed by atoms with Crippen LogP contribution in [0.5, 0.6) is 0 Å². The Balaban J connectivity index is 2.76. The number of halogens is 1. The summed E-state index contributed by atoms with van der Waals surface area (Å²) in [5, 5.41) is 0. The van der Waals surface area contributed by atoms with Crippen molar-refractivity contribution < 1.29 is 4.74 Å². The van der Waals surface area contributed by atoms with Crippen molar-refractivity contribution in [3.05, 3.63) is 20.6 Å². The van der Waals surface area contributed by atoms with Crippen LogP contribution in [0, 0.1) is 10.6 Å². The van der Waals surface area contributed by atoms with E-state index in [9.17, 15) is 0 Å². The first-order valence-electron chi connectivity index (χ1n) is 5.38. The van der Waals surface area contributed by atoms with Crippen molar-refractivity contribution in [3.8, 4) is 0 Å². The molecule has 1 heterocycles. The Morgan fingerprint density at radius 1 is 1.53 bits per heavy atom. The number of nitrogens with one attached hydrogen (secondary N) is 1. The second-order valence-corrected chi connectivity index (χ2v) is 6.33. The third kappa shape index (κ3) is 5.07. The minimum absolute atomic E-state index is 0.509. The Morgan fingerprint density at radius 2 is 2.24 bits per heavy atom. The Morgan fingerprint density at radius 3 is 2.82 bits per heavy atom. The van der Waals surface area contributed by atoms with Gasteiger partial charge in [0.25, 0.3) is 0 Å². The summed E-state index contributed by atoms with van der Waals surface area (Å²) in [4.78, 5) is 7.61. The summed E-state index contributed by atoms with van der Waals surface area (Å²) in [6, 6.07) is 0. The Bertz CT molecular complexity index is 420. The monoisotopic (exact) mass is 336 g/mol. The molecule has 0 aliphatic rings. The third-order valence-electron chi connectivity index (χ3n) is 1.96.